The van der Waals surface area contributed by atoms with E-state index in [0.717, 1.165) is 22.5 Å². The van der Waals surface area contributed by atoms with Crippen LogP contribution in [0, 0.1) is 20.8 Å². The lowest BCUT2D eigenvalue weighted by Crippen LogP contribution is -2.24. The van der Waals surface area contributed by atoms with Gasteiger partial charge in [-0.15, -0.1) is 0 Å². The van der Waals surface area contributed by atoms with Crippen molar-refractivity contribution in [2.24, 2.45) is 7.05 Å². The number of aromatic nitrogens is 2. The molecule has 20 heavy (non-hydrogen) atoms. The molecule has 2 rings (SSSR count). The predicted octanol–water partition coefficient (Wildman–Crippen LogP) is 1.86. The molecule has 0 spiro atoms. The van der Waals surface area contributed by atoms with Gasteiger partial charge in [-0.3, -0.25) is 9.48 Å². The molecule has 0 atom stereocenters. The Kier molecular flexibility index (Phi) is 3.79. The zero-order valence-electron chi connectivity index (χ0n) is 12.3. The summed E-state index contributed by atoms with van der Waals surface area (Å²) in [5, 5.41) is 7.27. The molecule has 1 aromatic carbocycles. The number of nitrogen functional groups attached to an aromatic ring is 1. The molecule has 0 bridgehead atoms. The van der Waals surface area contributed by atoms with Crippen LogP contribution in [0.1, 0.15) is 32.9 Å². The molecule has 1 aromatic heterocycles. The van der Waals surface area contributed by atoms with E-state index in [4.69, 9.17) is 5.73 Å². The van der Waals surface area contributed by atoms with E-state index in [9.17, 15) is 4.79 Å². The molecule has 0 aliphatic heterocycles. The smallest absolute Gasteiger partial charge is 0.251 e. The summed E-state index contributed by atoms with van der Waals surface area (Å²) in [6.07, 6.45) is 0. The average molecular weight is 272 g/mol. The number of benzene rings is 1. The fraction of sp³-hybridized carbons (Fsp3) is 0.333. The molecule has 0 fully saturated rings. The number of aryl methyl sites for hydroxylation is 2. The first-order valence-electron chi connectivity index (χ1n) is 6.54. The fourth-order valence-electron chi connectivity index (χ4n) is 2.24. The van der Waals surface area contributed by atoms with Gasteiger partial charge in [-0.2, -0.15) is 5.10 Å². The third kappa shape index (κ3) is 2.52. The predicted molar refractivity (Wildman–Crippen MR) is 79.4 cm³/mol. The fourth-order valence-corrected chi connectivity index (χ4v) is 2.24. The zero-order chi connectivity index (χ0) is 14.9. The van der Waals surface area contributed by atoms with Crippen LogP contribution in [0.4, 0.5) is 5.69 Å². The van der Waals surface area contributed by atoms with E-state index in [0.29, 0.717) is 17.8 Å². The van der Waals surface area contributed by atoms with Gasteiger partial charge in [0, 0.05) is 36.1 Å². The van der Waals surface area contributed by atoms with E-state index >= 15 is 0 Å². The molecule has 1 amide bonds. The first-order valence-corrected chi connectivity index (χ1v) is 6.54. The molecule has 5 nitrogen and oxygen atoms in total. The second kappa shape index (κ2) is 5.36. The van der Waals surface area contributed by atoms with Crippen LogP contribution >= 0.6 is 0 Å². The molecule has 1 heterocycles. The van der Waals surface area contributed by atoms with Gasteiger partial charge in [-0.1, -0.05) is 6.07 Å². The first kappa shape index (κ1) is 14.1. The van der Waals surface area contributed by atoms with Crippen molar-refractivity contribution < 1.29 is 4.79 Å². The van der Waals surface area contributed by atoms with Crippen molar-refractivity contribution in [3.05, 3.63) is 46.3 Å². The Morgan fingerprint density at radius 2 is 2.05 bits per heavy atom. The van der Waals surface area contributed by atoms with Crippen LogP contribution in [0.15, 0.2) is 18.2 Å². The summed E-state index contributed by atoms with van der Waals surface area (Å²) in [5.41, 5.74) is 10.9. The molecule has 3 N–H and O–H groups in total. The Balaban J connectivity index is 2.15. The molecule has 0 aliphatic rings. The van der Waals surface area contributed by atoms with Gasteiger partial charge < -0.3 is 11.1 Å². The summed E-state index contributed by atoms with van der Waals surface area (Å²) >= 11 is 0. The minimum Gasteiger partial charge on any atom is -0.398 e. The largest absolute Gasteiger partial charge is 0.398 e. The van der Waals surface area contributed by atoms with Crippen molar-refractivity contribution in [1.82, 2.24) is 15.1 Å². The van der Waals surface area contributed by atoms with Crippen LogP contribution in [0.5, 0.6) is 0 Å². The van der Waals surface area contributed by atoms with E-state index in [2.05, 4.69) is 10.4 Å². The van der Waals surface area contributed by atoms with Gasteiger partial charge in [-0.25, -0.2) is 0 Å². The molecular weight excluding hydrogens is 252 g/mol. The van der Waals surface area contributed by atoms with Crippen LogP contribution in [0.2, 0.25) is 0 Å². The second-order valence-electron chi connectivity index (χ2n) is 4.98. The van der Waals surface area contributed by atoms with Crippen molar-refractivity contribution in [1.29, 1.82) is 0 Å². The van der Waals surface area contributed by atoms with Gasteiger partial charge in [-0.05, 0) is 38.5 Å². The van der Waals surface area contributed by atoms with Gasteiger partial charge in [0.05, 0.1) is 5.69 Å². The van der Waals surface area contributed by atoms with Crippen molar-refractivity contribution in [3.8, 4) is 0 Å². The molecule has 0 aliphatic carbocycles. The van der Waals surface area contributed by atoms with Crippen LogP contribution in [0.3, 0.4) is 0 Å². The molecule has 5 heteroatoms. The number of nitrogens with zero attached hydrogens (tertiary/aromatic N) is 2. The lowest BCUT2D eigenvalue weighted by atomic mass is 10.1. The van der Waals surface area contributed by atoms with Crippen molar-refractivity contribution in [2.75, 3.05) is 5.73 Å². The number of hydrogen-bond acceptors (Lipinski definition) is 3. The van der Waals surface area contributed by atoms with E-state index in [1.54, 1.807) is 18.2 Å². The van der Waals surface area contributed by atoms with Gasteiger partial charge in [0.25, 0.3) is 5.91 Å². The highest BCUT2D eigenvalue weighted by Crippen LogP contribution is 2.16. The number of amides is 1. The molecule has 0 saturated heterocycles. The second-order valence-corrected chi connectivity index (χ2v) is 4.98. The molecule has 0 unspecified atom stereocenters. The normalized spacial score (nSPS) is 10.6. The Labute approximate surface area is 118 Å². The third-order valence-corrected chi connectivity index (χ3v) is 3.70. The van der Waals surface area contributed by atoms with E-state index in [1.807, 2.05) is 32.5 Å². The number of hydrogen-bond donors (Lipinski definition) is 2. The quantitative estimate of drug-likeness (QED) is 0.838. The first-order chi connectivity index (χ1) is 9.41. The van der Waals surface area contributed by atoms with Crippen LogP contribution < -0.4 is 11.1 Å². The maximum absolute atomic E-state index is 12.2. The Morgan fingerprint density at radius 1 is 1.35 bits per heavy atom. The lowest BCUT2D eigenvalue weighted by Gasteiger charge is -2.09. The number of carbonyl (C=O) groups excluding carboxylic acids is 1. The monoisotopic (exact) mass is 272 g/mol. The van der Waals surface area contributed by atoms with Crippen LogP contribution in [-0.2, 0) is 13.6 Å². The molecule has 2 aromatic rings. The highest BCUT2D eigenvalue weighted by atomic mass is 16.1. The highest BCUT2D eigenvalue weighted by Gasteiger charge is 2.13. The standard InChI is InChI=1S/C15H20N4O/c1-9-12(6-5-7-14(9)16)15(20)17-8-13-10(2)18-19(4)11(13)3/h5-7H,8,16H2,1-4H3,(H,17,20). The summed E-state index contributed by atoms with van der Waals surface area (Å²) in [4.78, 5) is 12.2. The average Bonchev–Trinajstić information content (AvgIpc) is 2.64. The van der Waals surface area contributed by atoms with Crippen molar-refractivity contribution >= 4 is 11.6 Å². The number of nitrogens with one attached hydrogen (secondary N) is 1. The van der Waals surface area contributed by atoms with Gasteiger partial charge in [0.15, 0.2) is 0 Å². The Bertz CT molecular complexity index is 658. The number of nitrogens with two attached hydrogens (primary N) is 1. The minimum atomic E-state index is -0.113. The third-order valence-electron chi connectivity index (χ3n) is 3.70. The van der Waals surface area contributed by atoms with Crippen LogP contribution in [-0.4, -0.2) is 15.7 Å². The summed E-state index contributed by atoms with van der Waals surface area (Å²) < 4.78 is 1.82. The number of anilines is 1. The minimum absolute atomic E-state index is 0.113. The maximum Gasteiger partial charge on any atom is 0.251 e. The number of rotatable bonds is 3. The van der Waals surface area contributed by atoms with Crippen molar-refractivity contribution in [3.63, 3.8) is 0 Å². The highest BCUT2D eigenvalue weighted by molar-refractivity contribution is 5.96. The summed E-state index contributed by atoms with van der Waals surface area (Å²) in [6.45, 7) is 6.26. The van der Waals surface area contributed by atoms with Gasteiger partial charge >= 0.3 is 0 Å². The SMILES string of the molecule is Cc1nn(C)c(C)c1CNC(=O)c1cccc(N)c1C. The lowest BCUT2D eigenvalue weighted by molar-refractivity contribution is 0.0950. The van der Waals surface area contributed by atoms with Gasteiger partial charge in [0.2, 0.25) is 0 Å². The molecule has 0 saturated carbocycles. The molecule has 106 valence electrons. The Morgan fingerprint density at radius 3 is 2.65 bits per heavy atom. The van der Waals surface area contributed by atoms with E-state index in [-0.39, 0.29) is 5.91 Å². The summed E-state index contributed by atoms with van der Waals surface area (Å²) in [7, 11) is 1.90. The molecular formula is C15H20N4O. The maximum atomic E-state index is 12.2. The summed E-state index contributed by atoms with van der Waals surface area (Å²) in [5.74, 6) is -0.113. The zero-order valence-corrected chi connectivity index (χ0v) is 12.3. The van der Waals surface area contributed by atoms with E-state index < -0.39 is 0 Å². The molecule has 0 radical (unpaired) electrons. The van der Waals surface area contributed by atoms with Gasteiger partial charge in [0.1, 0.15) is 0 Å². The topological polar surface area (TPSA) is 72.9 Å². The number of carbonyl (C=O) groups is 1. The van der Waals surface area contributed by atoms with Crippen molar-refractivity contribution in [2.45, 2.75) is 27.3 Å². The van der Waals surface area contributed by atoms with Crippen LogP contribution in [0.25, 0.3) is 0 Å². The summed E-state index contributed by atoms with van der Waals surface area (Å²) in [6, 6.07) is 5.36. The Hall–Kier alpha value is -2.30. The van der Waals surface area contributed by atoms with E-state index in [1.165, 1.54) is 0 Å².